The number of amides is 2. The summed E-state index contributed by atoms with van der Waals surface area (Å²) < 4.78 is 9.90. The molecule has 2 amide bonds. The highest BCUT2D eigenvalue weighted by Crippen LogP contribution is 2.33. The average molecular weight is 433 g/mol. The van der Waals surface area contributed by atoms with Gasteiger partial charge in [-0.2, -0.15) is 0 Å². The fraction of sp³-hybridized carbons (Fsp3) is 0.150. The van der Waals surface area contributed by atoms with Gasteiger partial charge in [-0.25, -0.2) is 4.79 Å². The molecular weight excluding hydrogens is 416 g/mol. The quantitative estimate of drug-likeness (QED) is 0.539. The summed E-state index contributed by atoms with van der Waals surface area (Å²) in [5, 5.41) is 3.11. The Labute approximate surface area is 176 Å². The maximum Gasteiger partial charge on any atom is 0.337 e. The first-order valence-electron chi connectivity index (χ1n) is 8.44. The highest BCUT2D eigenvalue weighted by atomic mass is 35.5. The molecule has 3 rings (SSSR count). The number of carbonyl (C=O) groups is 3. The molecule has 0 aliphatic carbocycles. The first-order chi connectivity index (χ1) is 13.9. The Balaban J connectivity index is 1.72. The second kappa shape index (κ2) is 9.02. The van der Waals surface area contributed by atoms with Crippen LogP contribution in [0.2, 0.25) is 5.02 Å². The standard InChI is InChI=1S/C20H17ClN2O5S/c1-27-16-8-7-14(21)10-15(16)22-11-23-18(24)17(29-20(23)26)9-12-3-5-13(6-4-12)19(25)28-2/h3-10,22H,11H2,1-2H3/b17-9-. The molecular formula is C20H17ClN2O5S. The van der Waals surface area contributed by atoms with Crippen LogP contribution in [0.1, 0.15) is 15.9 Å². The first kappa shape index (κ1) is 20.8. The summed E-state index contributed by atoms with van der Waals surface area (Å²) in [4.78, 5) is 37.8. The van der Waals surface area contributed by atoms with Gasteiger partial charge >= 0.3 is 5.97 Å². The molecule has 1 saturated heterocycles. The molecule has 0 radical (unpaired) electrons. The lowest BCUT2D eigenvalue weighted by molar-refractivity contribution is -0.122. The number of thioether (sulfide) groups is 1. The molecule has 0 saturated carbocycles. The lowest BCUT2D eigenvalue weighted by Gasteiger charge is -2.16. The summed E-state index contributed by atoms with van der Waals surface area (Å²) in [6.45, 7) is -0.0278. The summed E-state index contributed by atoms with van der Waals surface area (Å²) in [5.74, 6) is -0.312. The zero-order chi connectivity index (χ0) is 21.0. The van der Waals surface area contributed by atoms with E-state index in [4.69, 9.17) is 16.3 Å². The maximum absolute atomic E-state index is 12.6. The molecule has 0 bridgehead atoms. The number of hydrogen-bond acceptors (Lipinski definition) is 7. The third-order valence-electron chi connectivity index (χ3n) is 4.09. The molecule has 29 heavy (non-hydrogen) atoms. The van der Waals surface area contributed by atoms with Crippen molar-refractivity contribution in [2.75, 3.05) is 26.2 Å². The number of ether oxygens (including phenoxy) is 2. The lowest BCUT2D eigenvalue weighted by atomic mass is 10.1. The van der Waals surface area contributed by atoms with Gasteiger partial charge in [-0.1, -0.05) is 23.7 Å². The van der Waals surface area contributed by atoms with Crippen LogP contribution in [0.5, 0.6) is 5.75 Å². The van der Waals surface area contributed by atoms with E-state index < -0.39 is 11.9 Å². The van der Waals surface area contributed by atoms with E-state index >= 15 is 0 Å². The van der Waals surface area contributed by atoms with Crippen molar-refractivity contribution in [1.29, 1.82) is 0 Å². The number of esters is 1. The molecule has 1 fully saturated rings. The predicted octanol–water partition coefficient (Wildman–Crippen LogP) is 4.24. The van der Waals surface area contributed by atoms with Crippen molar-refractivity contribution >= 4 is 52.2 Å². The van der Waals surface area contributed by atoms with Crippen molar-refractivity contribution in [1.82, 2.24) is 4.90 Å². The van der Waals surface area contributed by atoms with E-state index in [9.17, 15) is 14.4 Å². The summed E-state index contributed by atoms with van der Waals surface area (Å²) in [5.41, 5.74) is 1.66. The minimum atomic E-state index is -0.445. The molecule has 1 N–H and O–H groups in total. The zero-order valence-corrected chi connectivity index (χ0v) is 17.2. The van der Waals surface area contributed by atoms with Crippen LogP contribution in [0.25, 0.3) is 6.08 Å². The summed E-state index contributed by atoms with van der Waals surface area (Å²) in [7, 11) is 2.82. The van der Waals surface area contributed by atoms with Crippen molar-refractivity contribution in [2.24, 2.45) is 0 Å². The van der Waals surface area contributed by atoms with Gasteiger partial charge < -0.3 is 14.8 Å². The van der Waals surface area contributed by atoms with E-state index in [-0.39, 0.29) is 11.9 Å². The second-order valence-corrected chi connectivity index (χ2v) is 7.33. The minimum absolute atomic E-state index is 0.0278. The maximum atomic E-state index is 12.6. The molecule has 1 aliphatic rings. The van der Waals surface area contributed by atoms with E-state index in [1.807, 2.05) is 0 Å². The number of halogens is 1. The molecule has 2 aromatic carbocycles. The number of nitrogens with one attached hydrogen (secondary N) is 1. The average Bonchev–Trinajstić information content (AvgIpc) is 2.99. The summed E-state index contributed by atoms with van der Waals surface area (Å²) in [6, 6.07) is 11.6. The Morgan fingerprint density at radius 2 is 1.90 bits per heavy atom. The highest BCUT2D eigenvalue weighted by Gasteiger charge is 2.35. The van der Waals surface area contributed by atoms with E-state index in [1.54, 1.807) is 48.5 Å². The van der Waals surface area contributed by atoms with Crippen LogP contribution < -0.4 is 10.1 Å². The lowest BCUT2D eigenvalue weighted by Crippen LogP contribution is -2.33. The summed E-state index contributed by atoms with van der Waals surface area (Å²) >= 11 is 6.84. The smallest absolute Gasteiger partial charge is 0.337 e. The first-order valence-corrected chi connectivity index (χ1v) is 9.63. The number of rotatable bonds is 6. The van der Waals surface area contributed by atoms with Crippen LogP contribution in [0.3, 0.4) is 0 Å². The highest BCUT2D eigenvalue weighted by molar-refractivity contribution is 8.18. The molecule has 0 unspecified atom stereocenters. The fourth-order valence-corrected chi connectivity index (χ4v) is 3.61. The second-order valence-electron chi connectivity index (χ2n) is 5.90. The van der Waals surface area contributed by atoms with E-state index in [1.165, 1.54) is 14.2 Å². The fourth-order valence-electron chi connectivity index (χ4n) is 2.60. The Morgan fingerprint density at radius 1 is 1.17 bits per heavy atom. The van der Waals surface area contributed by atoms with Crippen molar-refractivity contribution in [3.63, 3.8) is 0 Å². The molecule has 1 aliphatic heterocycles. The Kier molecular flexibility index (Phi) is 6.46. The zero-order valence-electron chi connectivity index (χ0n) is 15.6. The van der Waals surface area contributed by atoms with Gasteiger partial charge in [0.05, 0.1) is 37.0 Å². The molecule has 0 atom stereocenters. The number of hydrogen-bond donors (Lipinski definition) is 1. The van der Waals surface area contributed by atoms with Gasteiger partial charge in [-0.3, -0.25) is 14.5 Å². The molecule has 2 aromatic rings. The van der Waals surface area contributed by atoms with Crippen molar-refractivity contribution < 1.29 is 23.9 Å². The molecule has 150 valence electrons. The van der Waals surface area contributed by atoms with Crippen LogP contribution in [0, 0.1) is 0 Å². The van der Waals surface area contributed by atoms with Crippen molar-refractivity contribution in [3.05, 3.63) is 63.5 Å². The number of imide groups is 1. The van der Waals surface area contributed by atoms with Crippen LogP contribution in [-0.4, -0.2) is 42.9 Å². The van der Waals surface area contributed by atoms with E-state index in [2.05, 4.69) is 10.1 Å². The van der Waals surface area contributed by atoms with Crippen LogP contribution in [0.15, 0.2) is 47.4 Å². The van der Waals surface area contributed by atoms with Crippen molar-refractivity contribution in [2.45, 2.75) is 0 Å². The number of nitrogens with zero attached hydrogens (tertiary/aromatic N) is 1. The number of carbonyl (C=O) groups excluding carboxylic acids is 3. The third-order valence-corrected chi connectivity index (χ3v) is 5.23. The van der Waals surface area contributed by atoms with Crippen LogP contribution in [-0.2, 0) is 9.53 Å². The van der Waals surface area contributed by atoms with Gasteiger partial charge in [0.25, 0.3) is 11.1 Å². The molecule has 9 heteroatoms. The van der Waals surface area contributed by atoms with E-state index in [0.717, 1.165) is 16.7 Å². The largest absolute Gasteiger partial charge is 0.495 e. The number of anilines is 1. The monoisotopic (exact) mass is 432 g/mol. The molecule has 0 aromatic heterocycles. The van der Waals surface area contributed by atoms with Gasteiger partial charge in [-0.05, 0) is 53.7 Å². The van der Waals surface area contributed by atoms with Gasteiger partial charge in [0.2, 0.25) is 0 Å². The normalized spacial score (nSPS) is 15.0. The van der Waals surface area contributed by atoms with Crippen molar-refractivity contribution in [3.8, 4) is 5.75 Å². The minimum Gasteiger partial charge on any atom is -0.495 e. The van der Waals surface area contributed by atoms with Gasteiger partial charge in [0.1, 0.15) is 5.75 Å². The number of methoxy groups -OCH3 is 2. The molecule has 7 nitrogen and oxygen atoms in total. The van der Waals surface area contributed by atoms with Gasteiger partial charge in [-0.15, -0.1) is 0 Å². The van der Waals surface area contributed by atoms with Gasteiger partial charge in [0, 0.05) is 5.02 Å². The third kappa shape index (κ3) is 4.72. The molecule has 0 spiro atoms. The van der Waals surface area contributed by atoms with Crippen LogP contribution >= 0.6 is 23.4 Å². The topological polar surface area (TPSA) is 84.9 Å². The molecule has 1 heterocycles. The summed E-state index contributed by atoms with van der Waals surface area (Å²) in [6.07, 6.45) is 1.60. The SMILES string of the molecule is COC(=O)c1ccc(/C=C2\SC(=O)N(CNc3cc(Cl)ccc3OC)C2=O)cc1. The van der Waals surface area contributed by atoms with Crippen LogP contribution in [0.4, 0.5) is 10.5 Å². The predicted molar refractivity (Wildman–Crippen MR) is 112 cm³/mol. The Morgan fingerprint density at radius 3 is 2.55 bits per heavy atom. The van der Waals surface area contributed by atoms with E-state index in [0.29, 0.717) is 32.5 Å². The number of benzene rings is 2. The van der Waals surface area contributed by atoms with Gasteiger partial charge in [0.15, 0.2) is 0 Å². The Hall–Kier alpha value is -2.97. The Bertz CT molecular complexity index is 991.